The predicted octanol–water partition coefficient (Wildman–Crippen LogP) is 4.73. The van der Waals surface area contributed by atoms with E-state index in [2.05, 4.69) is 16.0 Å². The molecule has 4 rings (SSSR count). The third kappa shape index (κ3) is 4.23. The van der Waals surface area contributed by atoms with Gasteiger partial charge in [0.1, 0.15) is 18.6 Å². The molecule has 0 aliphatic heterocycles. The molecule has 28 heavy (non-hydrogen) atoms. The zero-order valence-corrected chi connectivity index (χ0v) is 15.4. The highest BCUT2D eigenvalue weighted by Crippen LogP contribution is 2.22. The van der Waals surface area contributed by atoms with Crippen LogP contribution < -0.4 is 4.74 Å². The van der Waals surface area contributed by atoms with Gasteiger partial charge in [0.2, 0.25) is 0 Å². The van der Waals surface area contributed by atoms with E-state index < -0.39 is 0 Å². The molecule has 1 atom stereocenters. The average molecular weight is 368 g/mol. The van der Waals surface area contributed by atoms with E-state index in [1.165, 1.54) is 0 Å². The lowest BCUT2D eigenvalue weighted by Crippen LogP contribution is -2.05. The van der Waals surface area contributed by atoms with Gasteiger partial charge in [-0.2, -0.15) is 0 Å². The first-order chi connectivity index (χ1) is 13.8. The normalized spacial score (nSPS) is 11.9. The minimum atomic E-state index is -0.182. The van der Waals surface area contributed by atoms with Crippen molar-refractivity contribution in [3.63, 3.8) is 0 Å². The van der Waals surface area contributed by atoms with Crippen LogP contribution in [0.15, 0.2) is 85.2 Å². The molecule has 4 nitrogen and oxygen atoms in total. The summed E-state index contributed by atoms with van der Waals surface area (Å²) in [4.78, 5) is 20.2. The van der Waals surface area contributed by atoms with Crippen molar-refractivity contribution < 1.29 is 9.53 Å². The first-order valence-corrected chi connectivity index (χ1v) is 9.23. The number of benzene rings is 2. The Kier molecular flexibility index (Phi) is 5.38. The summed E-state index contributed by atoms with van der Waals surface area (Å²) in [6.07, 6.45) is 5.15. The molecule has 1 unspecified atom stereocenters. The van der Waals surface area contributed by atoms with Gasteiger partial charge in [0.25, 0.3) is 0 Å². The van der Waals surface area contributed by atoms with Crippen LogP contribution in [-0.2, 0) is 17.8 Å². The Bertz CT molecular complexity index is 1060. The lowest BCUT2D eigenvalue weighted by molar-refractivity contribution is -0.109. The minimum absolute atomic E-state index is 0.182. The van der Waals surface area contributed by atoms with Crippen LogP contribution in [0.5, 0.6) is 5.75 Å². The number of carbonyl (C=O) groups excluding carboxylic acids is 1. The van der Waals surface area contributed by atoms with Crippen molar-refractivity contribution in [3.8, 4) is 5.75 Å². The van der Waals surface area contributed by atoms with Gasteiger partial charge in [-0.15, -0.1) is 0 Å². The van der Waals surface area contributed by atoms with Crippen LogP contribution in [0.1, 0.15) is 22.7 Å². The number of hydrogen-bond acceptors (Lipinski definition) is 4. The van der Waals surface area contributed by atoms with Gasteiger partial charge in [-0.3, -0.25) is 4.98 Å². The van der Waals surface area contributed by atoms with Crippen LogP contribution in [0, 0.1) is 0 Å². The van der Waals surface area contributed by atoms with E-state index in [4.69, 9.17) is 4.74 Å². The van der Waals surface area contributed by atoms with Gasteiger partial charge in [0, 0.05) is 23.7 Å². The molecule has 0 radical (unpaired) electrons. The van der Waals surface area contributed by atoms with Crippen molar-refractivity contribution in [3.05, 3.63) is 102 Å². The Morgan fingerprint density at radius 2 is 1.68 bits per heavy atom. The molecular weight excluding hydrogens is 348 g/mol. The summed E-state index contributed by atoms with van der Waals surface area (Å²) in [5.74, 6) is 0.575. The van der Waals surface area contributed by atoms with E-state index in [-0.39, 0.29) is 5.92 Å². The maximum absolute atomic E-state index is 11.6. The summed E-state index contributed by atoms with van der Waals surface area (Å²) in [5.41, 5.74) is 3.91. The number of carbonyl (C=O) groups is 1. The van der Waals surface area contributed by atoms with Gasteiger partial charge in [-0.25, -0.2) is 4.98 Å². The number of aromatic nitrogens is 2. The lowest BCUT2D eigenvalue weighted by atomic mass is 9.94. The highest BCUT2D eigenvalue weighted by atomic mass is 16.5. The molecule has 0 N–H and O–H groups in total. The fraction of sp³-hybridized carbons (Fsp3) is 0.125. The predicted molar refractivity (Wildman–Crippen MR) is 109 cm³/mol. The van der Waals surface area contributed by atoms with E-state index in [0.29, 0.717) is 13.0 Å². The summed E-state index contributed by atoms with van der Waals surface area (Å²) < 4.78 is 5.87. The average Bonchev–Trinajstić information content (AvgIpc) is 2.77. The summed E-state index contributed by atoms with van der Waals surface area (Å²) in [5, 5.41) is 1.12. The van der Waals surface area contributed by atoms with Crippen LogP contribution >= 0.6 is 0 Å². The second-order valence-electron chi connectivity index (χ2n) is 6.66. The highest BCUT2D eigenvalue weighted by molar-refractivity contribution is 5.78. The Labute approximate surface area is 163 Å². The second-order valence-corrected chi connectivity index (χ2v) is 6.66. The van der Waals surface area contributed by atoms with Crippen molar-refractivity contribution in [2.75, 3.05) is 0 Å². The molecule has 2 aromatic heterocycles. The molecule has 4 heteroatoms. The number of ether oxygens (including phenoxy) is 1. The quantitative estimate of drug-likeness (QED) is 0.442. The number of nitrogens with zero attached hydrogens (tertiary/aromatic N) is 2. The summed E-state index contributed by atoms with van der Waals surface area (Å²) >= 11 is 0. The van der Waals surface area contributed by atoms with Crippen LogP contribution in [0.4, 0.5) is 0 Å². The fourth-order valence-corrected chi connectivity index (χ4v) is 3.17. The van der Waals surface area contributed by atoms with Gasteiger partial charge in [0.05, 0.1) is 11.2 Å². The molecule has 0 fully saturated rings. The SMILES string of the molecule is O=CC(Cc1ccncc1)c1ccc(OCc2ccc3ccccc3n2)cc1. The maximum atomic E-state index is 11.6. The zero-order chi connectivity index (χ0) is 19.2. The van der Waals surface area contributed by atoms with Gasteiger partial charge in [-0.1, -0.05) is 36.4 Å². The molecule has 2 aromatic carbocycles. The zero-order valence-electron chi connectivity index (χ0n) is 15.4. The monoisotopic (exact) mass is 368 g/mol. The third-order valence-electron chi connectivity index (χ3n) is 4.72. The first-order valence-electron chi connectivity index (χ1n) is 9.23. The van der Waals surface area contributed by atoms with Gasteiger partial charge < -0.3 is 9.53 Å². The fourth-order valence-electron chi connectivity index (χ4n) is 3.17. The number of aldehydes is 1. The van der Waals surface area contributed by atoms with Crippen LogP contribution in [-0.4, -0.2) is 16.3 Å². The molecule has 0 aliphatic rings. The van der Waals surface area contributed by atoms with E-state index in [1.54, 1.807) is 12.4 Å². The molecule has 2 heterocycles. The molecule has 0 saturated heterocycles. The summed E-state index contributed by atoms with van der Waals surface area (Å²) in [7, 11) is 0. The van der Waals surface area contributed by atoms with E-state index in [9.17, 15) is 4.79 Å². The second kappa shape index (κ2) is 8.44. The largest absolute Gasteiger partial charge is 0.487 e. The molecule has 4 aromatic rings. The number of fused-ring (bicyclic) bond motifs is 1. The molecular formula is C24H20N2O2. The highest BCUT2D eigenvalue weighted by Gasteiger charge is 2.11. The lowest BCUT2D eigenvalue weighted by Gasteiger charge is -2.12. The Morgan fingerprint density at radius 3 is 2.46 bits per heavy atom. The topological polar surface area (TPSA) is 52.1 Å². The first kappa shape index (κ1) is 17.9. The number of para-hydroxylation sites is 1. The van der Waals surface area contributed by atoms with E-state index in [0.717, 1.165) is 39.8 Å². The minimum Gasteiger partial charge on any atom is -0.487 e. The standard InChI is InChI=1S/C24H20N2O2/c27-16-21(15-18-11-13-25-14-12-18)19-6-9-23(10-7-19)28-17-22-8-5-20-3-1-2-4-24(20)26-22/h1-14,16,21H,15,17H2. The van der Waals surface area contributed by atoms with Gasteiger partial charge in [0.15, 0.2) is 0 Å². The molecule has 138 valence electrons. The van der Waals surface area contributed by atoms with E-state index in [1.807, 2.05) is 66.7 Å². The molecule has 0 spiro atoms. The van der Waals surface area contributed by atoms with Crippen molar-refractivity contribution in [2.45, 2.75) is 18.9 Å². The Morgan fingerprint density at radius 1 is 0.893 bits per heavy atom. The summed E-state index contributed by atoms with van der Waals surface area (Å²) in [6, 6.07) is 23.6. The number of hydrogen-bond donors (Lipinski definition) is 0. The summed E-state index contributed by atoms with van der Waals surface area (Å²) in [6.45, 7) is 0.401. The Hall–Kier alpha value is -3.53. The molecule has 0 saturated carbocycles. The maximum Gasteiger partial charge on any atom is 0.130 e. The van der Waals surface area contributed by atoms with Crippen LogP contribution in [0.25, 0.3) is 10.9 Å². The van der Waals surface area contributed by atoms with Gasteiger partial charge in [-0.05, 0) is 53.9 Å². The van der Waals surface area contributed by atoms with Crippen molar-refractivity contribution in [1.82, 2.24) is 9.97 Å². The van der Waals surface area contributed by atoms with Crippen molar-refractivity contribution in [1.29, 1.82) is 0 Å². The van der Waals surface area contributed by atoms with Crippen LogP contribution in [0.2, 0.25) is 0 Å². The number of rotatable bonds is 7. The van der Waals surface area contributed by atoms with Crippen molar-refractivity contribution >= 4 is 17.2 Å². The third-order valence-corrected chi connectivity index (χ3v) is 4.72. The molecule has 0 bridgehead atoms. The number of pyridine rings is 2. The Balaban J connectivity index is 1.41. The molecule has 0 amide bonds. The van der Waals surface area contributed by atoms with Gasteiger partial charge >= 0.3 is 0 Å². The van der Waals surface area contributed by atoms with Crippen molar-refractivity contribution in [2.24, 2.45) is 0 Å². The van der Waals surface area contributed by atoms with E-state index >= 15 is 0 Å². The molecule has 0 aliphatic carbocycles. The smallest absolute Gasteiger partial charge is 0.130 e. The van der Waals surface area contributed by atoms with Crippen LogP contribution in [0.3, 0.4) is 0 Å².